The van der Waals surface area contributed by atoms with Crippen LogP contribution in [0.2, 0.25) is 0 Å². The number of para-hydroxylation sites is 1. The number of aromatic nitrogens is 1. The summed E-state index contributed by atoms with van der Waals surface area (Å²) in [6, 6.07) is 8.74. The van der Waals surface area contributed by atoms with Gasteiger partial charge in [0.1, 0.15) is 17.4 Å². The summed E-state index contributed by atoms with van der Waals surface area (Å²) in [7, 11) is 0. The summed E-state index contributed by atoms with van der Waals surface area (Å²) >= 11 is 1.40. The molecule has 0 radical (unpaired) electrons. The van der Waals surface area contributed by atoms with E-state index >= 15 is 0 Å². The summed E-state index contributed by atoms with van der Waals surface area (Å²) in [5, 5.41) is 2.53. The summed E-state index contributed by atoms with van der Waals surface area (Å²) in [6.07, 6.45) is 4.61. The Balaban J connectivity index is 1.40. The van der Waals surface area contributed by atoms with Gasteiger partial charge in [-0.2, -0.15) is 0 Å². The van der Waals surface area contributed by atoms with Crippen LogP contribution in [-0.4, -0.2) is 38.7 Å². The predicted molar refractivity (Wildman–Crippen MR) is 103 cm³/mol. The smallest absolute Gasteiger partial charge is 0.334 e. The van der Waals surface area contributed by atoms with Gasteiger partial charge in [0.05, 0.1) is 12.2 Å². The van der Waals surface area contributed by atoms with Crippen molar-refractivity contribution in [3.8, 4) is 5.75 Å². The second-order valence-electron chi connectivity index (χ2n) is 6.98. The van der Waals surface area contributed by atoms with Crippen LogP contribution in [0.4, 0.5) is 4.79 Å². The number of ether oxygens (including phenoxy) is 1. The highest BCUT2D eigenvalue weighted by molar-refractivity contribution is 7.09. The molecule has 0 spiro atoms. The molecule has 4 amide bonds. The maximum absolute atomic E-state index is 12.7. The van der Waals surface area contributed by atoms with E-state index < -0.39 is 17.8 Å². The van der Waals surface area contributed by atoms with Crippen molar-refractivity contribution in [1.82, 2.24) is 14.8 Å². The van der Waals surface area contributed by atoms with E-state index in [4.69, 9.17) is 4.74 Å². The van der Waals surface area contributed by atoms with Crippen LogP contribution >= 0.6 is 11.3 Å². The van der Waals surface area contributed by atoms with Gasteiger partial charge in [0.15, 0.2) is 0 Å². The molecule has 2 aliphatic rings. The summed E-state index contributed by atoms with van der Waals surface area (Å²) in [4.78, 5) is 44.0. The molecule has 1 aliphatic carbocycles. The number of amides is 4. The second kappa shape index (κ2) is 8.10. The number of hydrogen-bond acceptors (Lipinski definition) is 6. The summed E-state index contributed by atoms with van der Waals surface area (Å²) < 4.78 is 5.67. The van der Waals surface area contributed by atoms with Crippen LogP contribution in [0, 0.1) is 0 Å². The quantitative estimate of drug-likeness (QED) is 0.550. The predicted octanol–water partition coefficient (Wildman–Crippen LogP) is 3.35. The largest absolute Gasteiger partial charge is 0.486 e. The summed E-state index contributed by atoms with van der Waals surface area (Å²) in [5.74, 6) is -0.719. The lowest BCUT2D eigenvalue weighted by atomic mass is 9.94. The van der Waals surface area contributed by atoms with E-state index in [0.29, 0.717) is 12.3 Å². The van der Waals surface area contributed by atoms with Gasteiger partial charge < -0.3 is 4.74 Å². The zero-order valence-corrected chi connectivity index (χ0v) is 16.2. The van der Waals surface area contributed by atoms with Gasteiger partial charge in [-0.05, 0) is 25.0 Å². The van der Waals surface area contributed by atoms with Crippen LogP contribution in [0.15, 0.2) is 35.7 Å². The van der Waals surface area contributed by atoms with Gasteiger partial charge in [-0.15, -0.1) is 11.3 Å². The minimum atomic E-state index is -0.759. The number of nitrogens with zero attached hydrogens (tertiary/aromatic N) is 3. The Kier molecular flexibility index (Phi) is 5.38. The summed E-state index contributed by atoms with van der Waals surface area (Å²) in [6.45, 7) is 0.318. The monoisotopic (exact) mass is 399 g/mol. The molecular formula is C20H21N3O4S. The van der Waals surface area contributed by atoms with Gasteiger partial charge in [0.2, 0.25) is 0 Å². The van der Waals surface area contributed by atoms with Crippen LogP contribution in [0.3, 0.4) is 0 Å². The number of imide groups is 2. The zero-order chi connectivity index (χ0) is 19.5. The Labute approximate surface area is 166 Å². The van der Waals surface area contributed by atoms with Crippen LogP contribution in [0.5, 0.6) is 5.75 Å². The second-order valence-corrected chi connectivity index (χ2v) is 7.92. The maximum atomic E-state index is 12.7. The van der Waals surface area contributed by atoms with E-state index in [1.54, 1.807) is 5.38 Å². The zero-order valence-electron chi connectivity index (χ0n) is 15.4. The molecule has 4 rings (SSSR count). The highest BCUT2D eigenvalue weighted by Gasteiger charge is 2.47. The standard InChI is InChI=1S/C20H21N3O4S/c24-18-19(25)23(15-7-3-1-4-8-15)20(26)22(18)11-14-13-28-17(21-14)12-27-16-9-5-2-6-10-16/h2,5-6,9-10,13,15H,1,3-4,7-8,11-12H2. The number of thiazole rings is 1. The Hall–Kier alpha value is -2.74. The molecule has 1 aromatic carbocycles. The molecule has 2 fully saturated rings. The number of carbonyl (C=O) groups excluding carboxylic acids is 3. The van der Waals surface area contributed by atoms with E-state index in [-0.39, 0.29) is 12.6 Å². The fourth-order valence-corrected chi connectivity index (χ4v) is 4.33. The van der Waals surface area contributed by atoms with Crippen molar-refractivity contribution in [1.29, 1.82) is 0 Å². The first-order valence-corrected chi connectivity index (χ1v) is 10.3. The van der Waals surface area contributed by atoms with Crippen molar-refractivity contribution < 1.29 is 19.1 Å². The van der Waals surface area contributed by atoms with Gasteiger partial charge in [0.25, 0.3) is 0 Å². The van der Waals surface area contributed by atoms with Crippen LogP contribution < -0.4 is 4.74 Å². The van der Waals surface area contributed by atoms with Crippen molar-refractivity contribution in [3.05, 3.63) is 46.4 Å². The van der Waals surface area contributed by atoms with Crippen molar-refractivity contribution in [2.75, 3.05) is 0 Å². The number of urea groups is 1. The molecule has 1 saturated carbocycles. The summed E-state index contributed by atoms with van der Waals surface area (Å²) in [5.41, 5.74) is 0.580. The first-order valence-electron chi connectivity index (χ1n) is 9.43. The van der Waals surface area contributed by atoms with Gasteiger partial charge >= 0.3 is 17.8 Å². The third kappa shape index (κ3) is 3.77. The fourth-order valence-electron chi connectivity index (χ4n) is 3.63. The van der Waals surface area contributed by atoms with Gasteiger partial charge in [-0.1, -0.05) is 37.5 Å². The third-order valence-electron chi connectivity index (χ3n) is 5.05. The highest BCUT2D eigenvalue weighted by Crippen LogP contribution is 2.28. The minimum Gasteiger partial charge on any atom is -0.486 e. The van der Waals surface area contributed by atoms with Crippen LogP contribution in [0.25, 0.3) is 0 Å². The van der Waals surface area contributed by atoms with Gasteiger partial charge in [-0.3, -0.25) is 14.5 Å². The Bertz CT molecular complexity index is 877. The fraction of sp³-hybridized carbons (Fsp3) is 0.400. The number of rotatable bonds is 6. The lowest BCUT2D eigenvalue weighted by Gasteiger charge is -2.28. The Morgan fingerprint density at radius 1 is 1.04 bits per heavy atom. The number of carbonyl (C=O) groups is 3. The molecule has 1 aliphatic heterocycles. The van der Waals surface area contributed by atoms with E-state index in [2.05, 4.69) is 4.98 Å². The molecule has 0 unspecified atom stereocenters. The molecule has 1 saturated heterocycles. The molecule has 0 bridgehead atoms. The van der Waals surface area contributed by atoms with E-state index in [1.807, 2.05) is 30.3 Å². The van der Waals surface area contributed by atoms with Gasteiger partial charge in [-0.25, -0.2) is 14.7 Å². The molecule has 1 aromatic heterocycles. The Morgan fingerprint density at radius 3 is 2.54 bits per heavy atom. The first kappa shape index (κ1) is 18.6. The molecular weight excluding hydrogens is 378 g/mol. The van der Waals surface area contributed by atoms with E-state index in [9.17, 15) is 14.4 Å². The molecule has 7 nitrogen and oxygen atoms in total. The van der Waals surface area contributed by atoms with Crippen molar-refractivity contribution in [3.63, 3.8) is 0 Å². The number of benzene rings is 1. The molecule has 2 aromatic rings. The molecule has 146 valence electrons. The van der Waals surface area contributed by atoms with Crippen molar-refractivity contribution in [2.45, 2.75) is 51.3 Å². The lowest BCUT2D eigenvalue weighted by Crippen LogP contribution is -2.42. The average molecular weight is 399 g/mol. The Morgan fingerprint density at radius 2 is 1.79 bits per heavy atom. The van der Waals surface area contributed by atoms with E-state index in [0.717, 1.165) is 52.7 Å². The third-order valence-corrected chi connectivity index (χ3v) is 5.92. The molecule has 0 N–H and O–H groups in total. The topological polar surface area (TPSA) is 79.8 Å². The molecule has 0 atom stereocenters. The SMILES string of the molecule is O=C1C(=O)N(C2CCCCC2)C(=O)N1Cc1csc(COc2ccccc2)n1. The minimum absolute atomic E-state index is 0.00840. The molecule has 8 heteroatoms. The average Bonchev–Trinajstić information content (AvgIpc) is 3.26. The van der Waals surface area contributed by atoms with Crippen LogP contribution in [0.1, 0.15) is 42.8 Å². The van der Waals surface area contributed by atoms with Gasteiger partial charge in [0, 0.05) is 11.4 Å². The molecule has 28 heavy (non-hydrogen) atoms. The molecule has 2 heterocycles. The first-order chi connectivity index (χ1) is 13.6. The van der Waals surface area contributed by atoms with Crippen LogP contribution in [-0.2, 0) is 22.7 Å². The van der Waals surface area contributed by atoms with E-state index in [1.165, 1.54) is 11.3 Å². The maximum Gasteiger partial charge on any atom is 0.334 e. The van der Waals surface area contributed by atoms with Crippen molar-refractivity contribution in [2.24, 2.45) is 0 Å². The normalized spacial score (nSPS) is 18.2. The highest BCUT2D eigenvalue weighted by atomic mass is 32.1. The van der Waals surface area contributed by atoms with Crippen molar-refractivity contribution >= 4 is 29.2 Å². The number of hydrogen-bond donors (Lipinski definition) is 0. The lowest BCUT2D eigenvalue weighted by molar-refractivity contribution is -0.144.